The minimum Gasteiger partial charge on any atom is -0.497 e. The van der Waals surface area contributed by atoms with Crippen LogP contribution in [0, 0.1) is 0 Å². The lowest BCUT2D eigenvalue weighted by Crippen LogP contribution is -2.33. The Morgan fingerprint density at radius 2 is 1.77 bits per heavy atom. The van der Waals surface area contributed by atoms with E-state index in [9.17, 15) is 18.0 Å². The summed E-state index contributed by atoms with van der Waals surface area (Å²) in [6.07, 6.45) is 2.46. The Bertz CT molecular complexity index is 1000. The van der Waals surface area contributed by atoms with E-state index in [-0.39, 0.29) is 23.2 Å². The Balaban J connectivity index is 2.11. The SMILES string of the molecule is COc1ccc(CCC(C)NC(=O)c2cc(NC(C)=O)ccc2NS(C)(=O)=O)cc1. The van der Waals surface area contributed by atoms with Gasteiger partial charge in [-0.1, -0.05) is 12.1 Å². The molecule has 0 saturated heterocycles. The van der Waals surface area contributed by atoms with Crippen molar-refractivity contribution in [3.8, 4) is 5.75 Å². The summed E-state index contributed by atoms with van der Waals surface area (Å²) in [5.74, 6) is 0.0543. The predicted molar refractivity (Wildman–Crippen MR) is 117 cm³/mol. The van der Waals surface area contributed by atoms with Gasteiger partial charge >= 0.3 is 0 Å². The average Bonchev–Trinajstić information content (AvgIpc) is 2.66. The number of rotatable bonds is 9. The van der Waals surface area contributed by atoms with E-state index in [1.165, 1.54) is 25.1 Å². The first-order chi connectivity index (χ1) is 14.1. The van der Waals surface area contributed by atoms with Crippen molar-refractivity contribution in [2.45, 2.75) is 32.7 Å². The van der Waals surface area contributed by atoms with Gasteiger partial charge in [0, 0.05) is 18.7 Å². The molecule has 2 amide bonds. The number of anilines is 2. The number of methoxy groups -OCH3 is 1. The fraction of sp³-hybridized carbons (Fsp3) is 0.333. The van der Waals surface area contributed by atoms with Crippen molar-refractivity contribution in [3.05, 3.63) is 53.6 Å². The van der Waals surface area contributed by atoms with Crippen LogP contribution in [-0.4, -0.2) is 39.6 Å². The van der Waals surface area contributed by atoms with Gasteiger partial charge in [0.25, 0.3) is 5.91 Å². The molecule has 0 fully saturated rings. The Kier molecular flexibility index (Phi) is 7.82. The molecule has 2 rings (SSSR count). The van der Waals surface area contributed by atoms with Gasteiger partial charge in [0.15, 0.2) is 0 Å². The number of carbonyl (C=O) groups is 2. The van der Waals surface area contributed by atoms with Crippen molar-refractivity contribution in [1.82, 2.24) is 5.32 Å². The van der Waals surface area contributed by atoms with Crippen LogP contribution in [0.25, 0.3) is 0 Å². The van der Waals surface area contributed by atoms with E-state index in [1.807, 2.05) is 31.2 Å². The second-order valence-electron chi connectivity index (χ2n) is 7.08. The summed E-state index contributed by atoms with van der Waals surface area (Å²) in [4.78, 5) is 24.1. The van der Waals surface area contributed by atoms with Crippen LogP contribution < -0.4 is 20.1 Å². The summed E-state index contributed by atoms with van der Waals surface area (Å²) in [5.41, 5.74) is 1.79. The molecule has 0 aromatic heterocycles. The molecule has 30 heavy (non-hydrogen) atoms. The first kappa shape index (κ1) is 23.2. The molecule has 162 valence electrons. The number of hydrogen-bond acceptors (Lipinski definition) is 5. The number of nitrogens with one attached hydrogen (secondary N) is 3. The van der Waals surface area contributed by atoms with E-state index < -0.39 is 15.9 Å². The lowest BCUT2D eigenvalue weighted by Gasteiger charge is -2.17. The second-order valence-corrected chi connectivity index (χ2v) is 8.83. The first-order valence-corrected chi connectivity index (χ1v) is 11.3. The van der Waals surface area contributed by atoms with Crippen molar-refractivity contribution in [3.63, 3.8) is 0 Å². The number of benzene rings is 2. The smallest absolute Gasteiger partial charge is 0.253 e. The van der Waals surface area contributed by atoms with Gasteiger partial charge in [-0.2, -0.15) is 0 Å². The Labute approximate surface area is 177 Å². The summed E-state index contributed by atoms with van der Waals surface area (Å²) in [7, 11) is -1.97. The molecule has 0 aliphatic carbocycles. The minimum absolute atomic E-state index is 0.128. The lowest BCUT2D eigenvalue weighted by atomic mass is 10.1. The molecule has 8 nitrogen and oxygen atoms in total. The maximum atomic E-state index is 12.8. The highest BCUT2D eigenvalue weighted by Gasteiger charge is 2.17. The molecule has 2 aromatic rings. The molecule has 0 aliphatic rings. The zero-order chi connectivity index (χ0) is 22.3. The molecule has 1 atom stereocenters. The van der Waals surface area contributed by atoms with Crippen molar-refractivity contribution >= 4 is 33.2 Å². The number of aryl methyl sites for hydroxylation is 1. The predicted octanol–water partition coefficient (Wildman–Crippen LogP) is 2.78. The lowest BCUT2D eigenvalue weighted by molar-refractivity contribution is -0.114. The van der Waals surface area contributed by atoms with Gasteiger partial charge in [0.1, 0.15) is 5.75 Å². The van der Waals surface area contributed by atoms with Crippen molar-refractivity contribution in [2.75, 3.05) is 23.4 Å². The maximum Gasteiger partial charge on any atom is 0.253 e. The molecular weight excluding hydrogens is 406 g/mol. The number of amides is 2. The van der Waals surface area contributed by atoms with E-state index in [2.05, 4.69) is 15.4 Å². The van der Waals surface area contributed by atoms with Gasteiger partial charge in [0.2, 0.25) is 15.9 Å². The highest BCUT2D eigenvalue weighted by atomic mass is 32.2. The molecule has 0 bridgehead atoms. The molecule has 9 heteroatoms. The molecule has 1 unspecified atom stereocenters. The number of carbonyl (C=O) groups excluding carboxylic acids is 2. The molecule has 0 saturated carbocycles. The van der Waals surface area contributed by atoms with Crippen molar-refractivity contribution < 1.29 is 22.7 Å². The van der Waals surface area contributed by atoms with Crippen molar-refractivity contribution in [2.24, 2.45) is 0 Å². The zero-order valence-electron chi connectivity index (χ0n) is 17.5. The highest BCUT2D eigenvalue weighted by Crippen LogP contribution is 2.22. The van der Waals surface area contributed by atoms with Crippen LogP contribution in [0.4, 0.5) is 11.4 Å². The maximum absolute atomic E-state index is 12.8. The minimum atomic E-state index is -3.58. The van der Waals surface area contributed by atoms with E-state index in [0.717, 1.165) is 24.0 Å². The Morgan fingerprint density at radius 1 is 1.10 bits per heavy atom. The summed E-state index contributed by atoms with van der Waals surface area (Å²) >= 11 is 0. The van der Waals surface area contributed by atoms with E-state index in [1.54, 1.807) is 7.11 Å². The monoisotopic (exact) mass is 433 g/mol. The quantitative estimate of drug-likeness (QED) is 0.563. The van der Waals surface area contributed by atoms with Crippen molar-refractivity contribution in [1.29, 1.82) is 0 Å². The largest absolute Gasteiger partial charge is 0.497 e. The van der Waals surface area contributed by atoms with Gasteiger partial charge in [-0.25, -0.2) is 8.42 Å². The standard InChI is InChI=1S/C21H27N3O5S/c1-14(5-6-16-7-10-18(29-3)11-8-16)22-21(26)19-13-17(23-15(2)25)9-12-20(19)24-30(4,27)28/h7-14,24H,5-6H2,1-4H3,(H,22,26)(H,23,25). The molecule has 0 heterocycles. The molecule has 0 aliphatic heterocycles. The third kappa shape index (κ3) is 7.40. The number of sulfonamides is 1. The van der Waals surface area contributed by atoms with Gasteiger partial charge in [-0.15, -0.1) is 0 Å². The third-order valence-electron chi connectivity index (χ3n) is 4.28. The van der Waals surface area contributed by atoms with Gasteiger partial charge < -0.3 is 15.4 Å². The van der Waals surface area contributed by atoms with Crippen LogP contribution in [-0.2, 0) is 21.2 Å². The summed E-state index contributed by atoms with van der Waals surface area (Å²) in [6, 6.07) is 12.0. The first-order valence-electron chi connectivity index (χ1n) is 9.40. The van der Waals surface area contributed by atoms with Crippen LogP contribution in [0.1, 0.15) is 36.2 Å². The van der Waals surface area contributed by atoms with E-state index in [0.29, 0.717) is 12.1 Å². The Morgan fingerprint density at radius 3 is 2.33 bits per heavy atom. The Hall–Kier alpha value is -3.07. The fourth-order valence-electron chi connectivity index (χ4n) is 2.85. The summed E-state index contributed by atoms with van der Waals surface area (Å²) in [6.45, 7) is 3.23. The molecule has 0 radical (unpaired) electrons. The molecule has 0 spiro atoms. The fourth-order valence-corrected chi connectivity index (χ4v) is 3.43. The zero-order valence-corrected chi connectivity index (χ0v) is 18.3. The normalized spacial score (nSPS) is 12.0. The van der Waals surface area contributed by atoms with Crippen LogP contribution in [0.15, 0.2) is 42.5 Å². The average molecular weight is 434 g/mol. The third-order valence-corrected chi connectivity index (χ3v) is 4.87. The molecule has 2 aromatic carbocycles. The van der Waals surface area contributed by atoms with Crippen LogP contribution in [0.3, 0.4) is 0 Å². The summed E-state index contributed by atoms with van der Waals surface area (Å²) < 4.78 is 30.8. The van der Waals surface area contributed by atoms with Gasteiger partial charge in [-0.05, 0) is 55.7 Å². The number of hydrogen-bond donors (Lipinski definition) is 3. The van der Waals surface area contributed by atoms with Gasteiger partial charge in [-0.3, -0.25) is 14.3 Å². The topological polar surface area (TPSA) is 114 Å². The highest BCUT2D eigenvalue weighted by molar-refractivity contribution is 7.92. The number of ether oxygens (including phenoxy) is 1. The van der Waals surface area contributed by atoms with E-state index >= 15 is 0 Å². The van der Waals surface area contributed by atoms with Crippen LogP contribution in [0.5, 0.6) is 5.75 Å². The molecular formula is C21H27N3O5S. The van der Waals surface area contributed by atoms with Crippen LogP contribution in [0.2, 0.25) is 0 Å². The molecule has 3 N–H and O–H groups in total. The van der Waals surface area contributed by atoms with E-state index in [4.69, 9.17) is 4.74 Å². The van der Waals surface area contributed by atoms with Crippen LogP contribution >= 0.6 is 0 Å². The summed E-state index contributed by atoms with van der Waals surface area (Å²) in [5, 5.41) is 5.48. The van der Waals surface area contributed by atoms with Gasteiger partial charge in [0.05, 0.1) is 24.6 Å². The second kappa shape index (κ2) is 10.1.